The Kier molecular flexibility index (Phi) is 6.33. The van der Waals surface area contributed by atoms with Gasteiger partial charge in [-0.15, -0.1) is 0 Å². The minimum Gasteiger partial charge on any atom is -0.490 e. The molecule has 0 spiro atoms. The van der Waals surface area contributed by atoms with E-state index in [1.165, 1.54) is 18.0 Å². The van der Waals surface area contributed by atoms with Crippen molar-refractivity contribution >= 4 is 28.5 Å². The molecule has 0 radical (unpaired) electrons. The van der Waals surface area contributed by atoms with E-state index in [4.69, 9.17) is 15.2 Å². The van der Waals surface area contributed by atoms with Crippen LogP contribution in [0.5, 0.6) is 5.75 Å². The number of thioether (sulfide) groups is 1. The van der Waals surface area contributed by atoms with Crippen molar-refractivity contribution in [1.29, 1.82) is 0 Å². The number of carbonyl (C=O) groups excluding carboxylic acids is 1. The van der Waals surface area contributed by atoms with Crippen molar-refractivity contribution in [3.63, 3.8) is 0 Å². The van der Waals surface area contributed by atoms with Crippen LogP contribution in [-0.2, 0) is 10.3 Å². The molecule has 3 N–H and O–H groups in total. The standard InChI is InChI=1S/C20H22N4O3S/c1-20(8-11-28-19(21)24-20)14-4-3-5-15(12-14)23-18(25)17-7-6-16(13-22-17)27-10-9-26-2/h3-8,11-13H,9-10H2,1-2H3,(H2,21,24)(H,23,25)/t20-/m0/s1. The van der Waals surface area contributed by atoms with Crippen molar-refractivity contribution < 1.29 is 14.3 Å². The van der Waals surface area contributed by atoms with Gasteiger partial charge in [-0.05, 0) is 48.2 Å². The Labute approximate surface area is 168 Å². The molecular formula is C20H22N4O3S. The second kappa shape index (κ2) is 8.90. The van der Waals surface area contributed by atoms with Crippen LogP contribution < -0.4 is 15.8 Å². The predicted molar refractivity (Wildman–Crippen MR) is 112 cm³/mol. The summed E-state index contributed by atoms with van der Waals surface area (Å²) in [6.45, 7) is 2.89. The first-order valence-electron chi connectivity index (χ1n) is 8.69. The smallest absolute Gasteiger partial charge is 0.274 e. The number of rotatable bonds is 7. The number of amidine groups is 1. The number of methoxy groups -OCH3 is 1. The molecule has 3 rings (SSSR count). The molecule has 0 saturated carbocycles. The maximum absolute atomic E-state index is 12.5. The van der Waals surface area contributed by atoms with Gasteiger partial charge in [-0.2, -0.15) is 0 Å². The fourth-order valence-corrected chi connectivity index (χ4v) is 3.35. The number of carbonyl (C=O) groups is 1. The Bertz CT molecular complexity index is 899. The zero-order valence-electron chi connectivity index (χ0n) is 15.7. The van der Waals surface area contributed by atoms with Crippen molar-refractivity contribution in [3.05, 3.63) is 65.3 Å². The van der Waals surface area contributed by atoms with Gasteiger partial charge in [0.2, 0.25) is 0 Å². The molecule has 1 aromatic heterocycles. The van der Waals surface area contributed by atoms with E-state index in [2.05, 4.69) is 15.3 Å². The highest BCUT2D eigenvalue weighted by Gasteiger charge is 2.25. The van der Waals surface area contributed by atoms with Gasteiger partial charge in [-0.25, -0.2) is 9.98 Å². The van der Waals surface area contributed by atoms with Crippen molar-refractivity contribution in [2.24, 2.45) is 10.7 Å². The fourth-order valence-electron chi connectivity index (χ4n) is 2.64. The summed E-state index contributed by atoms with van der Waals surface area (Å²) in [4.78, 5) is 21.2. The number of nitrogens with zero attached hydrogens (tertiary/aromatic N) is 2. The zero-order chi connectivity index (χ0) is 20.0. The third kappa shape index (κ3) is 4.90. The van der Waals surface area contributed by atoms with E-state index < -0.39 is 5.54 Å². The Morgan fingerprint density at radius 1 is 1.29 bits per heavy atom. The number of hydrogen-bond donors (Lipinski definition) is 2. The van der Waals surface area contributed by atoms with E-state index >= 15 is 0 Å². The number of nitrogens with one attached hydrogen (secondary N) is 1. The molecule has 0 fully saturated rings. The summed E-state index contributed by atoms with van der Waals surface area (Å²) in [6.07, 6.45) is 3.50. The van der Waals surface area contributed by atoms with E-state index in [1.54, 1.807) is 19.2 Å². The SMILES string of the molecule is COCCOc1ccc(C(=O)Nc2cccc([C@]3(C)C=CSC(N)=N3)c2)nc1. The second-order valence-corrected chi connectivity index (χ2v) is 7.20. The van der Waals surface area contributed by atoms with Crippen LogP contribution in [0.2, 0.25) is 0 Å². The monoisotopic (exact) mass is 398 g/mol. The lowest BCUT2D eigenvalue weighted by atomic mass is 9.92. The van der Waals surface area contributed by atoms with Crippen LogP contribution in [0.3, 0.4) is 0 Å². The molecule has 2 aromatic rings. The van der Waals surface area contributed by atoms with E-state index in [-0.39, 0.29) is 5.91 Å². The summed E-state index contributed by atoms with van der Waals surface area (Å²) in [5.74, 6) is 0.282. The summed E-state index contributed by atoms with van der Waals surface area (Å²) in [5, 5.41) is 5.30. The first kappa shape index (κ1) is 19.9. The molecular weight excluding hydrogens is 376 g/mol. The molecule has 1 aliphatic rings. The summed E-state index contributed by atoms with van der Waals surface area (Å²) < 4.78 is 10.4. The number of anilines is 1. The molecule has 2 heterocycles. The van der Waals surface area contributed by atoms with Gasteiger partial charge in [0, 0.05) is 12.8 Å². The molecule has 0 unspecified atom stereocenters. The molecule has 7 nitrogen and oxygen atoms in total. The van der Waals surface area contributed by atoms with Crippen LogP contribution in [0.25, 0.3) is 0 Å². The Balaban J connectivity index is 1.69. The van der Waals surface area contributed by atoms with Crippen LogP contribution in [0.1, 0.15) is 23.0 Å². The normalized spacial score (nSPS) is 18.4. The second-order valence-electron chi connectivity index (χ2n) is 6.27. The molecule has 0 bridgehead atoms. The number of aromatic nitrogens is 1. The third-order valence-electron chi connectivity index (χ3n) is 4.15. The lowest BCUT2D eigenvalue weighted by molar-refractivity contribution is 0.102. The molecule has 146 valence electrons. The third-order valence-corrected chi connectivity index (χ3v) is 4.76. The van der Waals surface area contributed by atoms with Crippen molar-refractivity contribution in [2.75, 3.05) is 25.6 Å². The zero-order valence-corrected chi connectivity index (χ0v) is 16.5. The number of pyridine rings is 1. The highest BCUT2D eigenvalue weighted by molar-refractivity contribution is 8.16. The number of benzene rings is 1. The van der Waals surface area contributed by atoms with E-state index in [0.29, 0.717) is 35.5 Å². The van der Waals surface area contributed by atoms with Crippen LogP contribution in [0.15, 0.2) is 59.1 Å². The average molecular weight is 398 g/mol. The summed E-state index contributed by atoms with van der Waals surface area (Å²) >= 11 is 1.39. The van der Waals surface area contributed by atoms with Gasteiger partial charge in [0.15, 0.2) is 5.17 Å². The van der Waals surface area contributed by atoms with Gasteiger partial charge in [-0.3, -0.25) is 4.79 Å². The van der Waals surface area contributed by atoms with Crippen molar-refractivity contribution in [1.82, 2.24) is 4.98 Å². The molecule has 1 aliphatic heterocycles. The highest BCUT2D eigenvalue weighted by Crippen LogP contribution is 2.33. The molecule has 1 atom stereocenters. The first-order valence-corrected chi connectivity index (χ1v) is 9.57. The quantitative estimate of drug-likeness (QED) is 0.695. The maximum Gasteiger partial charge on any atom is 0.274 e. The molecule has 0 saturated heterocycles. The Morgan fingerprint density at radius 2 is 2.14 bits per heavy atom. The van der Waals surface area contributed by atoms with Crippen molar-refractivity contribution in [3.8, 4) is 5.75 Å². The van der Waals surface area contributed by atoms with Crippen LogP contribution in [0.4, 0.5) is 5.69 Å². The minimum absolute atomic E-state index is 0.298. The Morgan fingerprint density at radius 3 is 2.86 bits per heavy atom. The van der Waals surface area contributed by atoms with Gasteiger partial charge in [0.1, 0.15) is 23.6 Å². The maximum atomic E-state index is 12.5. The number of nitrogens with two attached hydrogens (primary N) is 1. The van der Waals surface area contributed by atoms with Gasteiger partial charge in [0.25, 0.3) is 5.91 Å². The summed E-state index contributed by atoms with van der Waals surface area (Å²) in [7, 11) is 1.61. The molecule has 0 aliphatic carbocycles. The highest BCUT2D eigenvalue weighted by atomic mass is 32.2. The molecule has 8 heteroatoms. The lowest BCUT2D eigenvalue weighted by Gasteiger charge is -2.25. The minimum atomic E-state index is -0.560. The average Bonchev–Trinajstić information content (AvgIpc) is 2.69. The predicted octanol–water partition coefficient (Wildman–Crippen LogP) is 3.15. The number of aliphatic imine (C=N–C) groups is 1. The van der Waals surface area contributed by atoms with Crippen LogP contribution >= 0.6 is 11.8 Å². The van der Waals surface area contributed by atoms with E-state index in [0.717, 1.165) is 5.56 Å². The number of ether oxygens (including phenoxy) is 2. The number of amides is 1. The van der Waals surface area contributed by atoms with Gasteiger partial charge in [-0.1, -0.05) is 23.9 Å². The summed E-state index contributed by atoms with van der Waals surface area (Å²) in [5.41, 5.74) is 7.19. The van der Waals surface area contributed by atoms with E-state index in [9.17, 15) is 4.79 Å². The molecule has 1 amide bonds. The van der Waals surface area contributed by atoms with Gasteiger partial charge < -0.3 is 20.5 Å². The van der Waals surface area contributed by atoms with Crippen molar-refractivity contribution in [2.45, 2.75) is 12.5 Å². The molecule has 1 aromatic carbocycles. The van der Waals surface area contributed by atoms with E-state index in [1.807, 2.05) is 42.7 Å². The van der Waals surface area contributed by atoms with Crippen LogP contribution in [-0.4, -0.2) is 36.4 Å². The fraction of sp³-hybridized carbons (Fsp3) is 0.250. The van der Waals surface area contributed by atoms with Crippen LogP contribution in [0, 0.1) is 0 Å². The topological polar surface area (TPSA) is 98.8 Å². The molecule has 28 heavy (non-hydrogen) atoms. The number of hydrogen-bond acceptors (Lipinski definition) is 7. The first-order chi connectivity index (χ1) is 13.5. The Hall–Kier alpha value is -2.84. The van der Waals surface area contributed by atoms with Gasteiger partial charge >= 0.3 is 0 Å². The largest absolute Gasteiger partial charge is 0.490 e. The summed E-state index contributed by atoms with van der Waals surface area (Å²) in [6, 6.07) is 10.9. The lowest BCUT2D eigenvalue weighted by Crippen LogP contribution is -2.23. The van der Waals surface area contributed by atoms with Gasteiger partial charge in [0.05, 0.1) is 12.8 Å².